The van der Waals surface area contributed by atoms with Gasteiger partial charge in [0.1, 0.15) is 49.4 Å². The van der Waals surface area contributed by atoms with Gasteiger partial charge in [-0.3, -0.25) is 24.0 Å². The van der Waals surface area contributed by atoms with Crippen molar-refractivity contribution in [3.8, 4) is 28.7 Å². The average Bonchev–Trinajstić information content (AvgIpc) is 3.28. The van der Waals surface area contributed by atoms with Gasteiger partial charge in [-0.2, -0.15) is 5.26 Å². The molecule has 3 rings (SSSR count). The Labute approximate surface area is 379 Å². The Morgan fingerprint density at radius 2 is 1.50 bits per heavy atom. The van der Waals surface area contributed by atoms with Crippen molar-refractivity contribution in [2.45, 2.75) is 128 Å². The van der Waals surface area contributed by atoms with Crippen LogP contribution < -0.4 is 53.3 Å². The first-order valence-corrected chi connectivity index (χ1v) is 23.1. The summed E-state index contributed by atoms with van der Waals surface area (Å²) in [5, 5.41) is 23.6. The van der Waals surface area contributed by atoms with Crippen LogP contribution in [0.4, 0.5) is 0 Å². The van der Waals surface area contributed by atoms with Crippen LogP contribution in [0.2, 0.25) is 0 Å². The number of nitrogens with zero attached hydrogens (tertiary/aromatic N) is 2. The zero-order chi connectivity index (χ0) is 46.7. The van der Waals surface area contributed by atoms with Crippen LogP contribution in [0.25, 0.3) is 11.1 Å². The molecule has 64 heavy (non-hydrogen) atoms. The highest BCUT2D eigenvalue weighted by Gasteiger charge is 2.34. The number of rotatable bonds is 28. The molecule has 0 saturated heterocycles. The van der Waals surface area contributed by atoms with Crippen molar-refractivity contribution in [3.05, 3.63) is 47.5 Å². The number of ether oxygens (including phenoxy) is 2. The third kappa shape index (κ3) is 18.1. The Kier molecular flexibility index (Phi) is 24.8. The summed E-state index contributed by atoms with van der Waals surface area (Å²) in [6.07, 6.45) is 11.9. The van der Waals surface area contributed by atoms with Crippen LogP contribution >= 0.6 is 0 Å². The van der Waals surface area contributed by atoms with Gasteiger partial charge in [0.25, 0.3) is 0 Å². The fourth-order valence-electron chi connectivity index (χ4n) is 7.60. The van der Waals surface area contributed by atoms with Crippen molar-refractivity contribution in [2.24, 2.45) is 17.2 Å². The number of nitrogens with two attached hydrogens (primary N) is 3. The molecule has 0 aromatic heterocycles. The molecule has 1 heterocycles. The molecule has 4 atom stereocenters. The third-order valence-corrected chi connectivity index (χ3v) is 11.1. The minimum absolute atomic E-state index is 0.0329. The molecule has 0 unspecified atom stereocenters. The molecular weight excluding hydrogens is 817 g/mol. The molecular formula is C47H74N10O7. The molecule has 0 fully saturated rings. The van der Waals surface area contributed by atoms with Crippen LogP contribution in [-0.4, -0.2) is 112 Å². The molecule has 1 aliphatic heterocycles. The number of benzene rings is 2. The number of hydrogen-bond acceptors (Lipinski definition) is 12. The monoisotopic (exact) mass is 891 g/mol. The Balaban J connectivity index is 1.95. The molecule has 17 nitrogen and oxygen atoms in total. The fourth-order valence-corrected chi connectivity index (χ4v) is 7.60. The quantitative estimate of drug-likeness (QED) is 0.0453. The van der Waals surface area contributed by atoms with Crippen LogP contribution in [0.1, 0.15) is 114 Å². The first-order valence-electron chi connectivity index (χ1n) is 23.1. The lowest BCUT2D eigenvalue weighted by Gasteiger charge is -2.31. The van der Waals surface area contributed by atoms with E-state index in [2.05, 4.69) is 33.5 Å². The van der Waals surface area contributed by atoms with E-state index in [1.54, 1.807) is 36.4 Å². The van der Waals surface area contributed by atoms with Crippen molar-refractivity contribution >= 4 is 29.5 Å². The van der Waals surface area contributed by atoms with E-state index in [0.29, 0.717) is 66.1 Å². The molecule has 354 valence electrons. The SMILES string of the molecule is CCCCCCCCCCNCCC(=O)N[C@@H](CCCCN)CC(=O)N(C)[C@@H]1C(=O)N[C@@H](C)C(=O)N[C@H](C(=O)NCC#N)Cc2ccc(OCCN)c(c2)-c2cc1ccc2OCCN. The number of fused-ring (bicyclic) bond motifs is 5. The Morgan fingerprint density at radius 3 is 2.16 bits per heavy atom. The minimum atomic E-state index is -1.26. The van der Waals surface area contributed by atoms with Gasteiger partial charge in [0, 0.05) is 63.1 Å². The summed E-state index contributed by atoms with van der Waals surface area (Å²) in [6, 6.07) is 8.23. The van der Waals surface area contributed by atoms with Gasteiger partial charge in [-0.15, -0.1) is 0 Å². The number of nitrogens with one attached hydrogen (secondary N) is 5. The summed E-state index contributed by atoms with van der Waals surface area (Å²) in [4.78, 5) is 70.3. The van der Waals surface area contributed by atoms with Crippen molar-refractivity contribution < 1.29 is 33.4 Å². The first-order chi connectivity index (χ1) is 31.0. The van der Waals surface area contributed by atoms with Crippen molar-refractivity contribution in [1.29, 1.82) is 5.26 Å². The second-order valence-corrected chi connectivity index (χ2v) is 16.4. The molecule has 17 heteroatoms. The highest BCUT2D eigenvalue weighted by atomic mass is 16.5. The van der Waals surface area contributed by atoms with Crippen molar-refractivity contribution in [3.63, 3.8) is 0 Å². The Morgan fingerprint density at radius 1 is 0.844 bits per heavy atom. The lowest BCUT2D eigenvalue weighted by atomic mass is 9.93. The normalized spacial score (nSPS) is 16.6. The summed E-state index contributed by atoms with van der Waals surface area (Å²) in [7, 11) is 1.51. The summed E-state index contributed by atoms with van der Waals surface area (Å²) in [5.41, 5.74) is 19.6. The van der Waals surface area contributed by atoms with Crippen molar-refractivity contribution in [2.75, 3.05) is 59.5 Å². The van der Waals surface area contributed by atoms with E-state index >= 15 is 0 Å². The molecule has 11 N–H and O–H groups in total. The lowest BCUT2D eigenvalue weighted by Crippen LogP contribution is -2.55. The van der Waals surface area contributed by atoms with Gasteiger partial charge in [-0.25, -0.2) is 0 Å². The van der Waals surface area contributed by atoms with Crippen LogP contribution in [0.15, 0.2) is 36.4 Å². The molecule has 1 aliphatic rings. The van der Waals surface area contributed by atoms with E-state index in [1.807, 2.05) is 6.07 Å². The first kappa shape index (κ1) is 53.1. The van der Waals surface area contributed by atoms with E-state index in [9.17, 15) is 24.0 Å². The van der Waals surface area contributed by atoms with Gasteiger partial charge in [0.05, 0.1) is 6.07 Å². The third-order valence-electron chi connectivity index (χ3n) is 11.1. The lowest BCUT2D eigenvalue weighted by molar-refractivity contribution is -0.141. The number of nitriles is 1. The van der Waals surface area contributed by atoms with E-state index in [1.165, 1.54) is 57.4 Å². The Bertz CT molecular complexity index is 1820. The molecule has 0 spiro atoms. The number of carbonyl (C=O) groups excluding carboxylic acids is 5. The zero-order valence-corrected chi connectivity index (χ0v) is 38.3. The number of unbranched alkanes of at least 4 members (excludes halogenated alkanes) is 8. The molecule has 0 saturated carbocycles. The number of hydrogen-bond donors (Lipinski definition) is 8. The van der Waals surface area contributed by atoms with E-state index in [0.717, 1.165) is 19.4 Å². The van der Waals surface area contributed by atoms with Gasteiger partial charge in [0.2, 0.25) is 29.5 Å². The zero-order valence-electron chi connectivity index (χ0n) is 38.3. The van der Waals surface area contributed by atoms with E-state index in [-0.39, 0.29) is 58.0 Å². The molecule has 4 bridgehead atoms. The predicted molar refractivity (Wildman–Crippen MR) is 248 cm³/mol. The summed E-state index contributed by atoms with van der Waals surface area (Å²) in [6.45, 7) is 6.03. The van der Waals surface area contributed by atoms with Gasteiger partial charge in [-0.05, 0) is 74.7 Å². The van der Waals surface area contributed by atoms with E-state index < -0.39 is 47.8 Å². The molecule has 5 amide bonds. The molecule has 0 aliphatic carbocycles. The summed E-state index contributed by atoms with van der Waals surface area (Å²) >= 11 is 0. The van der Waals surface area contributed by atoms with Gasteiger partial charge < -0.3 is 58.2 Å². The van der Waals surface area contributed by atoms with Crippen LogP contribution in [0, 0.1) is 11.3 Å². The average molecular weight is 891 g/mol. The fraction of sp³-hybridized carbons (Fsp3) is 0.617. The van der Waals surface area contributed by atoms with Crippen LogP contribution in [0.3, 0.4) is 0 Å². The van der Waals surface area contributed by atoms with Crippen LogP contribution in [0.5, 0.6) is 11.5 Å². The number of likely N-dealkylation sites (N-methyl/N-ethyl adjacent to an activating group) is 1. The topological polar surface area (TPSA) is 269 Å². The number of carbonyl (C=O) groups is 5. The largest absolute Gasteiger partial charge is 0.492 e. The van der Waals surface area contributed by atoms with Gasteiger partial charge >= 0.3 is 0 Å². The van der Waals surface area contributed by atoms with E-state index in [4.69, 9.17) is 31.9 Å². The second-order valence-electron chi connectivity index (χ2n) is 16.4. The van der Waals surface area contributed by atoms with Crippen LogP contribution in [-0.2, 0) is 30.4 Å². The Hall–Kier alpha value is -5.28. The smallest absolute Gasteiger partial charge is 0.248 e. The minimum Gasteiger partial charge on any atom is -0.492 e. The van der Waals surface area contributed by atoms with Gasteiger partial charge in [0.15, 0.2) is 0 Å². The summed E-state index contributed by atoms with van der Waals surface area (Å²) in [5.74, 6) is -1.65. The maximum absolute atomic E-state index is 14.5. The summed E-state index contributed by atoms with van der Waals surface area (Å²) < 4.78 is 12.2. The standard InChI is InChI=1S/C47H74N10O7/c1-4-5-6-7-8-9-10-13-24-52-25-19-42(58)55-36(14-11-12-20-48)32-43(59)57(3)44-35-16-18-41(64-28-23-51)38(31-35)37-29-34(15-17-40(37)63-27-22-50)30-39(46(61)53-26-21-49)56-45(60)33(2)54-47(44)62/h15-18,29,31,33,36,39,44,52H,4-14,19-20,22-28,30,32,48,50-51H2,1-3H3,(H,53,61)(H,54,62)(H,55,58)(H,56,60)/t33-,36-,39-,44-/m0/s1. The highest BCUT2D eigenvalue weighted by molar-refractivity contribution is 5.95. The molecule has 0 radical (unpaired) electrons. The maximum Gasteiger partial charge on any atom is 0.248 e. The number of amides is 5. The molecule has 2 aromatic rings. The second kappa shape index (κ2) is 30.0. The predicted octanol–water partition coefficient (Wildman–Crippen LogP) is 2.84. The molecule has 2 aromatic carbocycles. The maximum atomic E-state index is 14.5. The van der Waals surface area contributed by atoms with Crippen molar-refractivity contribution in [1.82, 2.24) is 31.5 Å². The highest BCUT2D eigenvalue weighted by Crippen LogP contribution is 2.40. The van der Waals surface area contributed by atoms with Gasteiger partial charge in [-0.1, -0.05) is 70.4 Å².